The van der Waals surface area contributed by atoms with Crippen molar-refractivity contribution in [1.82, 2.24) is 4.90 Å². The van der Waals surface area contributed by atoms with Crippen LogP contribution in [0.2, 0.25) is 0 Å². The molecule has 1 aromatic rings. The van der Waals surface area contributed by atoms with Crippen LogP contribution in [-0.2, 0) is 16.1 Å². The smallest absolute Gasteiger partial charge is 0.317 e. The Morgan fingerprint density at radius 3 is 2.15 bits per heavy atom. The van der Waals surface area contributed by atoms with Gasteiger partial charge in [0, 0.05) is 17.7 Å². The second kappa shape index (κ2) is 6.62. The van der Waals surface area contributed by atoms with Gasteiger partial charge in [0.15, 0.2) is 0 Å². The Hall–Kier alpha value is -2.48. The fourth-order valence-electron chi connectivity index (χ4n) is 1.64. The van der Waals surface area contributed by atoms with Crippen LogP contribution in [0.25, 0.3) is 0 Å². The first-order valence-corrected chi connectivity index (χ1v) is 5.53. The van der Waals surface area contributed by atoms with Crippen molar-refractivity contribution >= 4 is 17.8 Å². The number of nitrogens with zero attached hydrogens (tertiary/aromatic N) is 1. The number of carbonyl (C=O) groups excluding carboxylic acids is 1. The quantitative estimate of drug-likeness (QED) is 0.642. The molecule has 20 heavy (non-hydrogen) atoms. The Bertz CT molecular complexity index is 531. The van der Waals surface area contributed by atoms with E-state index in [9.17, 15) is 18.8 Å². The zero-order valence-corrected chi connectivity index (χ0v) is 10.4. The highest BCUT2D eigenvalue weighted by Crippen LogP contribution is 2.13. The standard InChI is InChI=1S/C12H13FN2O5/c13-9-2-1-7(12(14)20)3-8(9)4-15(5-10(16)17)6-11(18)19/h1-3H,4-6H2,(H2,14,20)(H,16,17)(H,18,19). The first-order valence-electron chi connectivity index (χ1n) is 5.53. The Balaban J connectivity index is 2.96. The van der Waals surface area contributed by atoms with Gasteiger partial charge in [0.1, 0.15) is 5.82 Å². The minimum Gasteiger partial charge on any atom is -0.480 e. The number of carboxylic acid groups (broad SMARTS) is 2. The molecule has 0 aromatic heterocycles. The number of hydrogen-bond acceptors (Lipinski definition) is 4. The number of hydrogen-bond donors (Lipinski definition) is 3. The number of benzene rings is 1. The summed E-state index contributed by atoms with van der Waals surface area (Å²) in [5.41, 5.74) is 5.13. The molecule has 0 aliphatic carbocycles. The van der Waals surface area contributed by atoms with E-state index in [2.05, 4.69) is 0 Å². The third-order valence-corrected chi connectivity index (χ3v) is 2.44. The molecule has 0 saturated carbocycles. The number of primary amides is 1. The van der Waals surface area contributed by atoms with E-state index in [1.165, 1.54) is 12.1 Å². The lowest BCUT2D eigenvalue weighted by Gasteiger charge is -2.18. The van der Waals surface area contributed by atoms with Crippen LogP contribution >= 0.6 is 0 Å². The number of carboxylic acids is 2. The first kappa shape index (κ1) is 15.6. The van der Waals surface area contributed by atoms with Gasteiger partial charge in [-0.25, -0.2) is 4.39 Å². The van der Waals surface area contributed by atoms with E-state index >= 15 is 0 Å². The van der Waals surface area contributed by atoms with Crippen LogP contribution in [0, 0.1) is 5.82 Å². The van der Waals surface area contributed by atoms with E-state index in [4.69, 9.17) is 15.9 Å². The maximum atomic E-state index is 13.6. The van der Waals surface area contributed by atoms with Crippen molar-refractivity contribution in [3.8, 4) is 0 Å². The van der Waals surface area contributed by atoms with Crippen molar-refractivity contribution in [1.29, 1.82) is 0 Å². The van der Waals surface area contributed by atoms with E-state index in [1.54, 1.807) is 0 Å². The van der Waals surface area contributed by atoms with Crippen LogP contribution in [0.15, 0.2) is 18.2 Å². The van der Waals surface area contributed by atoms with E-state index in [0.29, 0.717) is 0 Å². The predicted octanol–water partition coefficient (Wildman–Crippen LogP) is -0.104. The SMILES string of the molecule is NC(=O)c1ccc(F)c(CN(CC(=O)O)CC(=O)O)c1. The molecule has 0 aliphatic heterocycles. The molecule has 108 valence electrons. The molecule has 0 heterocycles. The average molecular weight is 284 g/mol. The Morgan fingerprint density at radius 2 is 1.70 bits per heavy atom. The lowest BCUT2D eigenvalue weighted by Crippen LogP contribution is -2.34. The summed E-state index contributed by atoms with van der Waals surface area (Å²) in [6, 6.07) is 3.39. The minimum atomic E-state index is -1.24. The van der Waals surface area contributed by atoms with Gasteiger partial charge in [0.2, 0.25) is 5.91 Å². The number of amides is 1. The normalized spacial score (nSPS) is 10.5. The molecule has 4 N–H and O–H groups in total. The highest BCUT2D eigenvalue weighted by molar-refractivity contribution is 5.92. The summed E-state index contributed by atoms with van der Waals surface area (Å²) in [5, 5.41) is 17.4. The van der Waals surface area contributed by atoms with Crippen molar-refractivity contribution in [2.24, 2.45) is 5.73 Å². The van der Waals surface area contributed by atoms with Crippen molar-refractivity contribution in [2.75, 3.05) is 13.1 Å². The molecule has 0 fully saturated rings. The van der Waals surface area contributed by atoms with Crippen molar-refractivity contribution in [3.05, 3.63) is 35.1 Å². The third-order valence-electron chi connectivity index (χ3n) is 2.44. The summed E-state index contributed by atoms with van der Waals surface area (Å²) >= 11 is 0. The van der Waals surface area contributed by atoms with Crippen LogP contribution in [-0.4, -0.2) is 46.0 Å². The van der Waals surface area contributed by atoms with Gasteiger partial charge in [0.25, 0.3) is 0 Å². The second-order valence-electron chi connectivity index (χ2n) is 4.10. The van der Waals surface area contributed by atoms with Gasteiger partial charge in [0.05, 0.1) is 13.1 Å². The van der Waals surface area contributed by atoms with Crippen molar-refractivity contribution in [3.63, 3.8) is 0 Å². The molecule has 0 bridgehead atoms. The van der Waals surface area contributed by atoms with Gasteiger partial charge in [-0.1, -0.05) is 0 Å². The van der Waals surface area contributed by atoms with Crippen molar-refractivity contribution in [2.45, 2.75) is 6.54 Å². The van der Waals surface area contributed by atoms with Crippen LogP contribution in [0.5, 0.6) is 0 Å². The molecule has 0 atom stereocenters. The predicted molar refractivity (Wildman–Crippen MR) is 65.5 cm³/mol. The largest absolute Gasteiger partial charge is 0.480 e. The maximum absolute atomic E-state index is 13.6. The van der Waals surface area contributed by atoms with E-state index < -0.39 is 36.8 Å². The monoisotopic (exact) mass is 284 g/mol. The van der Waals surface area contributed by atoms with Crippen LogP contribution in [0.4, 0.5) is 4.39 Å². The molecule has 1 amide bonds. The zero-order valence-electron chi connectivity index (χ0n) is 10.4. The van der Waals surface area contributed by atoms with Crippen LogP contribution in [0.3, 0.4) is 0 Å². The van der Waals surface area contributed by atoms with Gasteiger partial charge in [-0.2, -0.15) is 0 Å². The van der Waals surface area contributed by atoms with Gasteiger partial charge in [-0.15, -0.1) is 0 Å². The molecule has 1 aromatic carbocycles. The van der Waals surface area contributed by atoms with E-state index in [1.807, 2.05) is 0 Å². The van der Waals surface area contributed by atoms with Gasteiger partial charge >= 0.3 is 11.9 Å². The summed E-state index contributed by atoms with van der Waals surface area (Å²) in [6.45, 7) is -1.38. The fourth-order valence-corrected chi connectivity index (χ4v) is 1.64. The lowest BCUT2D eigenvalue weighted by atomic mass is 10.1. The number of nitrogens with two attached hydrogens (primary N) is 1. The number of halogens is 1. The zero-order chi connectivity index (χ0) is 15.3. The van der Waals surface area contributed by atoms with Crippen LogP contribution in [0.1, 0.15) is 15.9 Å². The summed E-state index contributed by atoms with van der Waals surface area (Å²) < 4.78 is 13.6. The molecule has 0 saturated heterocycles. The number of carbonyl (C=O) groups is 3. The highest BCUT2D eigenvalue weighted by Gasteiger charge is 2.16. The third kappa shape index (κ3) is 4.65. The molecule has 7 nitrogen and oxygen atoms in total. The first-order chi connectivity index (χ1) is 9.29. The fraction of sp³-hybridized carbons (Fsp3) is 0.250. The minimum absolute atomic E-state index is 0.00352. The molecular weight excluding hydrogens is 271 g/mol. The summed E-state index contributed by atoms with van der Waals surface area (Å²) in [5.74, 6) is -3.90. The molecule has 0 aliphatic rings. The Morgan fingerprint density at radius 1 is 1.15 bits per heavy atom. The van der Waals surface area contributed by atoms with Gasteiger partial charge < -0.3 is 15.9 Å². The number of rotatable bonds is 7. The highest BCUT2D eigenvalue weighted by atomic mass is 19.1. The molecule has 0 unspecified atom stereocenters. The molecular formula is C12H13FN2O5. The second-order valence-corrected chi connectivity index (χ2v) is 4.10. The Kier molecular flexibility index (Phi) is 5.15. The van der Waals surface area contributed by atoms with Crippen LogP contribution < -0.4 is 5.73 Å². The topological polar surface area (TPSA) is 121 Å². The number of aliphatic carboxylic acids is 2. The van der Waals surface area contributed by atoms with Gasteiger partial charge in [-0.05, 0) is 18.2 Å². The van der Waals surface area contributed by atoms with Gasteiger partial charge in [-0.3, -0.25) is 19.3 Å². The molecule has 1 rings (SSSR count). The van der Waals surface area contributed by atoms with E-state index in [-0.39, 0.29) is 17.7 Å². The summed E-state index contributed by atoms with van der Waals surface area (Å²) in [6.07, 6.45) is 0. The molecule has 8 heteroatoms. The molecule has 0 radical (unpaired) electrons. The van der Waals surface area contributed by atoms with E-state index in [0.717, 1.165) is 11.0 Å². The summed E-state index contributed by atoms with van der Waals surface area (Å²) in [4.78, 5) is 33.3. The summed E-state index contributed by atoms with van der Waals surface area (Å²) in [7, 11) is 0. The molecule has 0 spiro atoms. The Labute approximate surface area is 113 Å². The maximum Gasteiger partial charge on any atom is 0.317 e. The van der Waals surface area contributed by atoms with Crippen molar-refractivity contribution < 1.29 is 29.0 Å². The lowest BCUT2D eigenvalue weighted by molar-refractivity contribution is -0.142. The average Bonchev–Trinajstić information content (AvgIpc) is 2.29.